The van der Waals surface area contributed by atoms with E-state index in [0.717, 1.165) is 5.56 Å². The Kier molecular flexibility index (Phi) is 2.66. The number of hydrogen-bond acceptors (Lipinski definition) is 4. The molecule has 0 spiro atoms. The van der Waals surface area contributed by atoms with Crippen molar-refractivity contribution in [2.75, 3.05) is 13.3 Å². The third-order valence-corrected chi connectivity index (χ3v) is 2.12. The van der Waals surface area contributed by atoms with Crippen LogP contribution in [-0.4, -0.2) is 18.4 Å². The number of aromatic hydroxyl groups is 1. The number of terminal acetylenes is 1. The summed E-state index contributed by atoms with van der Waals surface area (Å²) in [6.07, 6.45) is 5.10. The van der Waals surface area contributed by atoms with Crippen molar-refractivity contribution in [2.24, 2.45) is 0 Å². The molecule has 1 heterocycles. The highest BCUT2D eigenvalue weighted by Gasteiger charge is 2.16. The number of nitrogens with one attached hydrogen (secondary N) is 1. The van der Waals surface area contributed by atoms with Crippen molar-refractivity contribution in [2.45, 2.75) is 6.54 Å². The van der Waals surface area contributed by atoms with Gasteiger partial charge in [-0.1, -0.05) is 5.92 Å². The molecule has 1 aliphatic heterocycles. The monoisotopic (exact) mass is 205 g/mol. The van der Waals surface area contributed by atoms with Gasteiger partial charge in [0, 0.05) is 18.2 Å². The van der Waals surface area contributed by atoms with Crippen molar-refractivity contribution < 1.29 is 14.6 Å². The number of fused-ring (bicyclic) bond motifs is 1. The molecule has 78 valence electrons. The molecule has 0 aliphatic carbocycles. The van der Waals surface area contributed by atoms with E-state index in [-0.39, 0.29) is 12.5 Å². The van der Waals surface area contributed by atoms with Gasteiger partial charge in [0.15, 0.2) is 11.5 Å². The molecule has 2 rings (SSSR count). The van der Waals surface area contributed by atoms with Gasteiger partial charge in [0.25, 0.3) is 0 Å². The highest BCUT2D eigenvalue weighted by atomic mass is 16.7. The van der Waals surface area contributed by atoms with Gasteiger partial charge in [0.05, 0.1) is 6.54 Å². The van der Waals surface area contributed by atoms with Crippen molar-refractivity contribution in [3.63, 3.8) is 0 Å². The first-order valence-electron chi connectivity index (χ1n) is 4.57. The summed E-state index contributed by atoms with van der Waals surface area (Å²) in [5.74, 6) is 3.88. The van der Waals surface area contributed by atoms with Gasteiger partial charge in [-0.15, -0.1) is 6.42 Å². The summed E-state index contributed by atoms with van der Waals surface area (Å²) in [6, 6.07) is 3.30. The molecule has 0 aromatic heterocycles. The average molecular weight is 205 g/mol. The average Bonchev–Trinajstić information content (AvgIpc) is 2.65. The van der Waals surface area contributed by atoms with Crippen LogP contribution in [0.4, 0.5) is 0 Å². The number of rotatable bonds is 3. The first-order valence-corrected chi connectivity index (χ1v) is 4.57. The minimum Gasteiger partial charge on any atom is -0.507 e. The van der Waals surface area contributed by atoms with E-state index in [1.165, 1.54) is 0 Å². The zero-order valence-corrected chi connectivity index (χ0v) is 8.12. The van der Waals surface area contributed by atoms with Crippen molar-refractivity contribution in [3.05, 3.63) is 17.7 Å². The molecule has 0 atom stereocenters. The van der Waals surface area contributed by atoms with E-state index in [4.69, 9.17) is 15.9 Å². The molecule has 0 unspecified atom stereocenters. The van der Waals surface area contributed by atoms with E-state index in [0.29, 0.717) is 24.6 Å². The second-order valence-electron chi connectivity index (χ2n) is 3.14. The Bertz CT molecular complexity index is 409. The predicted molar refractivity (Wildman–Crippen MR) is 54.8 cm³/mol. The van der Waals surface area contributed by atoms with Gasteiger partial charge in [-0.25, -0.2) is 0 Å². The molecule has 1 aromatic rings. The smallest absolute Gasteiger partial charge is 0.231 e. The highest BCUT2D eigenvalue weighted by molar-refractivity contribution is 5.51. The number of ether oxygens (including phenoxy) is 2. The Balaban J connectivity index is 2.14. The van der Waals surface area contributed by atoms with E-state index in [1.807, 2.05) is 0 Å². The highest BCUT2D eigenvalue weighted by Crippen LogP contribution is 2.37. The van der Waals surface area contributed by atoms with Crippen LogP contribution in [0.5, 0.6) is 17.2 Å². The van der Waals surface area contributed by atoms with Crippen LogP contribution in [0.15, 0.2) is 12.1 Å². The standard InChI is InChI=1S/C11H11NO3/c1-2-3-12-6-8-4-10-11(5-9(8)13)15-7-14-10/h1,4-5,12-13H,3,6-7H2. The minimum absolute atomic E-state index is 0.184. The maximum atomic E-state index is 9.65. The number of phenols is 1. The normalized spacial score (nSPS) is 12.5. The van der Waals surface area contributed by atoms with Gasteiger partial charge in [0.2, 0.25) is 6.79 Å². The van der Waals surface area contributed by atoms with Crippen molar-refractivity contribution in [3.8, 4) is 29.6 Å². The SMILES string of the molecule is C#CCNCc1cc2c(cc1O)OCO2. The lowest BCUT2D eigenvalue weighted by Crippen LogP contribution is -2.12. The summed E-state index contributed by atoms with van der Waals surface area (Å²) in [4.78, 5) is 0. The second kappa shape index (κ2) is 4.11. The molecule has 0 amide bonds. The zero-order chi connectivity index (χ0) is 10.7. The van der Waals surface area contributed by atoms with Gasteiger partial charge in [-0.2, -0.15) is 0 Å². The molecule has 4 nitrogen and oxygen atoms in total. The van der Waals surface area contributed by atoms with Gasteiger partial charge >= 0.3 is 0 Å². The molecular formula is C11H11NO3. The topological polar surface area (TPSA) is 50.7 Å². The van der Waals surface area contributed by atoms with E-state index < -0.39 is 0 Å². The first-order chi connectivity index (χ1) is 7.31. The van der Waals surface area contributed by atoms with Gasteiger partial charge in [0.1, 0.15) is 5.75 Å². The fourth-order valence-electron chi connectivity index (χ4n) is 1.38. The Hall–Kier alpha value is -1.86. The summed E-state index contributed by atoms with van der Waals surface area (Å²) in [6.45, 7) is 1.18. The lowest BCUT2D eigenvalue weighted by atomic mass is 10.1. The molecule has 15 heavy (non-hydrogen) atoms. The molecule has 2 N–H and O–H groups in total. The molecule has 0 fully saturated rings. The van der Waals surface area contributed by atoms with E-state index in [2.05, 4.69) is 11.2 Å². The number of benzene rings is 1. The first kappa shape index (κ1) is 9.69. The summed E-state index contributed by atoms with van der Waals surface area (Å²) in [5.41, 5.74) is 0.745. The van der Waals surface area contributed by atoms with Crippen molar-refractivity contribution in [1.82, 2.24) is 5.32 Å². The molecule has 4 heteroatoms. The van der Waals surface area contributed by atoms with E-state index >= 15 is 0 Å². The fraction of sp³-hybridized carbons (Fsp3) is 0.273. The van der Waals surface area contributed by atoms with Crippen LogP contribution in [0.2, 0.25) is 0 Å². The maximum Gasteiger partial charge on any atom is 0.231 e. The Morgan fingerprint density at radius 2 is 2.13 bits per heavy atom. The third kappa shape index (κ3) is 1.97. The molecule has 1 aliphatic rings. The van der Waals surface area contributed by atoms with E-state index in [9.17, 15) is 5.11 Å². The van der Waals surface area contributed by atoms with Crippen molar-refractivity contribution in [1.29, 1.82) is 0 Å². The molecule has 0 bridgehead atoms. The summed E-state index contributed by atoms with van der Waals surface area (Å²) in [7, 11) is 0. The molecule has 0 radical (unpaired) electrons. The van der Waals surface area contributed by atoms with Crippen LogP contribution < -0.4 is 14.8 Å². The van der Waals surface area contributed by atoms with Gasteiger partial charge in [-0.3, -0.25) is 0 Å². The van der Waals surface area contributed by atoms with Crippen LogP contribution in [0.1, 0.15) is 5.56 Å². The lowest BCUT2D eigenvalue weighted by molar-refractivity contribution is 0.174. The van der Waals surface area contributed by atoms with Crippen LogP contribution in [0.25, 0.3) is 0 Å². The van der Waals surface area contributed by atoms with Crippen LogP contribution in [-0.2, 0) is 6.54 Å². The minimum atomic E-state index is 0.184. The largest absolute Gasteiger partial charge is 0.507 e. The van der Waals surface area contributed by atoms with Crippen molar-refractivity contribution >= 4 is 0 Å². The fourth-order valence-corrected chi connectivity index (χ4v) is 1.38. The summed E-state index contributed by atoms with van der Waals surface area (Å²) < 4.78 is 10.3. The quantitative estimate of drug-likeness (QED) is 0.567. The maximum absolute atomic E-state index is 9.65. The Morgan fingerprint density at radius 3 is 2.87 bits per heavy atom. The second-order valence-corrected chi connectivity index (χ2v) is 3.14. The molecule has 0 saturated carbocycles. The van der Waals surface area contributed by atoms with E-state index in [1.54, 1.807) is 12.1 Å². The predicted octanol–water partition coefficient (Wildman–Crippen LogP) is 0.844. The molecule has 1 aromatic carbocycles. The van der Waals surface area contributed by atoms with Crippen LogP contribution in [0.3, 0.4) is 0 Å². The third-order valence-electron chi connectivity index (χ3n) is 2.12. The molecular weight excluding hydrogens is 194 g/mol. The lowest BCUT2D eigenvalue weighted by Gasteiger charge is -2.06. The van der Waals surface area contributed by atoms with Crippen LogP contribution >= 0.6 is 0 Å². The zero-order valence-electron chi connectivity index (χ0n) is 8.12. The number of hydrogen-bond donors (Lipinski definition) is 2. The number of phenolic OH excluding ortho intramolecular Hbond substituents is 1. The summed E-state index contributed by atoms with van der Waals surface area (Å²) in [5, 5.41) is 12.6. The summed E-state index contributed by atoms with van der Waals surface area (Å²) >= 11 is 0. The Labute approximate surface area is 87.8 Å². The molecule has 0 saturated heterocycles. The Morgan fingerprint density at radius 1 is 1.40 bits per heavy atom. The van der Waals surface area contributed by atoms with Gasteiger partial charge < -0.3 is 19.9 Å². The van der Waals surface area contributed by atoms with Crippen LogP contribution in [0, 0.1) is 12.3 Å². The van der Waals surface area contributed by atoms with Gasteiger partial charge in [-0.05, 0) is 6.07 Å².